The zero-order chi connectivity index (χ0) is 12.6. The van der Waals surface area contributed by atoms with E-state index in [-0.39, 0.29) is 11.4 Å². The zero-order valence-electron chi connectivity index (χ0n) is 9.14. The Bertz CT molecular complexity index is 591. The van der Waals surface area contributed by atoms with Gasteiger partial charge >= 0.3 is 0 Å². The lowest BCUT2D eigenvalue weighted by Crippen LogP contribution is -2.13. The highest BCUT2D eigenvalue weighted by atomic mass is 79.9. The summed E-state index contributed by atoms with van der Waals surface area (Å²) in [4.78, 5) is 11.1. The summed E-state index contributed by atoms with van der Waals surface area (Å²) in [5.74, 6) is -0.327. The predicted molar refractivity (Wildman–Crippen MR) is 68.9 cm³/mol. The molecule has 0 saturated heterocycles. The van der Waals surface area contributed by atoms with Gasteiger partial charge in [-0.25, -0.2) is 4.68 Å². The monoisotopic (exact) mass is 294 g/mol. The fourth-order valence-corrected chi connectivity index (χ4v) is 2.07. The summed E-state index contributed by atoms with van der Waals surface area (Å²) in [6, 6.07) is 5.70. The van der Waals surface area contributed by atoms with E-state index in [0.717, 1.165) is 15.7 Å². The maximum atomic E-state index is 11.1. The van der Waals surface area contributed by atoms with Crippen LogP contribution in [0.4, 0.5) is 5.82 Å². The fourth-order valence-electron chi connectivity index (χ4n) is 1.60. The Morgan fingerprint density at radius 1 is 1.47 bits per heavy atom. The maximum Gasteiger partial charge on any atom is 0.254 e. The molecule has 1 aromatic heterocycles. The lowest BCUT2D eigenvalue weighted by atomic mass is 10.2. The van der Waals surface area contributed by atoms with Gasteiger partial charge in [-0.15, -0.1) is 0 Å². The van der Waals surface area contributed by atoms with Crippen LogP contribution >= 0.6 is 15.9 Å². The van der Waals surface area contributed by atoms with Crippen LogP contribution in [-0.2, 0) is 0 Å². The first-order valence-corrected chi connectivity index (χ1v) is 5.70. The minimum absolute atomic E-state index is 0.229. The molecule has 0 saturated carbocycles. The van der Waals surface area contributed by atoms with Crippen LogP contribution in [0.2, 0.25) is 0 Å². The Labute approximate surface area is 107 Å². The quantitative estimate of drug-likeness (QED) is 0.882. The maximum absolute atomic E-state index is 11.1. The van der Waals surface area contributed by atoms with Crippen LogP contribution in [-0.4, -0.2) is 15.7 Å². The summed E-state index contributed by atoms with van der Waals surface area (Å²) >= 11 is 3.38. The Kier molecular flexibility index (Phi) is 2.89. The molecular formula is C11H11BrN4O. The van der Waals surface area contributed by atoms with Gasteiger partial charge in [-0.1, -0.05) is 15.9 Å². The van der Waals surface area contributed by atoms with Gasteiger partial charge in [0.1, 0.15) is 11.4 Å². The van der Waals surface area contributed by atoms with Crippen molar-refractivity contribution in [3.8, 4) is 5.69 Å². The van der Waals surface area contributed by atoms with Crippen LogP contribution < -0.4 is 11.5 Å². The molecule has 0 fully saturated rings. The van der Waals surface area contributed by atoms with Gasteiger partial charge in [-0.3, -0.25) is 4.79 Å². The van der Waals surface area contributed by atoms with Gasteiger partial charge in [-0.2, -0.15) is 5.10 Å². The number of hydrogen-bond acceptors (Lipinski definition) is 3. The normalized spacial score (nSPS) is 10.5. The van der Waals surface area contributed by atoms with E-state index in [2.05, 4.69) is 21.0 Å². The first-order chi connectivity index (χ1) is 8.00. The van der Waals surface area contributed by atoms with Crippen molar-refractivity contribution in [1.29, 1.82) is 0 Å². The highest BCUT2D eigenvalue weighted by Gasteiger charge is 2.14. The zero-order valence-corrected chi connectivity index (χ0v) is 10.7. The number of rotatable bonds is 2. The van der Waals surface area contributed by atoms with Gasteiger partial charge in [-0.05, 0) is 30.7 Å². The van der Waals surface area contributed by atoms with E-state index in [1.807, 2.05) is 25.1 Å². The van der Waals surface area contributed by atoms with Gasteiger partial charge < -0.3 is 11.5 Å². The van der Waals surface area contributed by atoms with Gasteiger partial charge in [0.05, 0.1) is 11.9 Å². The van der Waals surface area contributed by atoms with E-state index in [4.69, 9.17) is 11.5 Å². The molecule has 1 amide bonds. The molecular weight excluding hydrogens is 284 g/mol. The SMILES string of the molecule is Cc1cc(Br)ccc1-n1ncc(C(N)=O)c1N. The lowest BCUT2D eigenvalue weighted by Gasteiger charge is -2.08. The number of aryl methyl sites for hydroxylation is 1. The molecule has 0 atom stereocenters. The summed E-state index contributed by atoms with van der Waals surface area (Å²) in [6.45, 7) is 1.94. The average molecular weight is 295 g/mol. The minimum atomic E-state index is -0.580. The second kappa shape index (κ2) is 4.21. The molecule has 0 unspecified atom stereocenters. The molecule has 2 rings (SSSR count). The minimum Gasteiger partial charge on any atom is -0.383 e. The van der Waals surface area contributed by atoms with Crippen LogP contribution in [0.1, 0.15) is 15.9 Å². The smallest absolute Gasteiger partial charge is 0.254 e. The van der Waals surface area contributed by atoms with Crippen LogP contribution in [0.15, 0.2) is 28.9 Å². The number of nitrogen functional groups attached to an aromatic ring is 1. The van der Waals surface area contributed by atoms with Gasteiger partial charge in [0.2, 0.25) is 0 Å². The highest BCUT2D eigenvalue weighted by molar-refractivity contribution is 9.10. The number of carbonyl (C=O) groups is 1. The molecule has 2 aromatic rings. The standard InChI is InChI=1S/C11H11BrN4O/c1-6-4-7(12)2-3-9(6)16-10(13)8(5-15-16)11(14)17/h2-5H,13H2,1H3,(H2,14,17). The van der Waals surface area contributed by atoms with Gasteiger partial charge in [0, 0.05) is 4.47 Å². The topological polar surface area (TPSA) is 86.9 Å². The van der Waals surface area contributed by atoms with E-state index in [9.17, 15) is 4.79 Å². The van der Waals surface area contributed by atoms with Crippen LogP contribution in [0.5, 0.6) is 0 Å². The van der Waals surface area contributed by atoms with E-state index in [1.54, 1.807) is 0 Å². The molecule has 1 heterocycles. The molecule has 6 heteroatoms. The first kappa shape index (κ1) is 11.7. The summed E-state index contributed by atoms with van der Waals surface area (Å²) in [5.41, 5.74) is 13.1. The van der Waals surface area contributed by atoms with E-state index < -0.39 is 5.91 Å². The molecule has 0 aliphatic carbocycles. The van der Waals surface area contributed by atoms with Crippen molar-refractivity contribution in [2.24, 2.45) is 5.73 Å². The Morgan fingerprint density at radius 2 is 2.18 bits per heavy atom. The number of anilines is 1. The highest BCUT2D eigenvalue weighted by Crippen LogP contribution is 2.22. The summed E-state index contributed by atoms with van der Waals surface area (Å²) in [6.07, 6.45) is 1.37. The molecule has 5 nitrogen and oxygen atoms in total. The van der Waals surface area contributed by atoms with E-state index in [1.165, 1.54) is 10.9 Å². The number of primary amides is 1. The van der Waals surface area contributed by atoms with Crippen molar-refractivity contribution in [2.75, 3.05) is 5.73 Å². The van der Waals surface area contributed by atoms with Crippen molar-refractivity contribution < 1.29 is 4.79 Å². The molecule has 88 valence electrons. The average Bonchev–Trinajstić information content (AvgIpc) is 2.60. The lowest BCUT2D eigenvalue weighted by molar-refractivity contribution is 0.100. The number of benzene rings is 1. The Hall–Kier alpha value is -1.82. The van der Waals surface area contributed by atoms with Crippen LogP contribution in [0.25, 0.3) is 5.69 Å². The van der Waals surface area contributed by atoms with Crippen LogP contribution in [0.3, 0.4) is 0 Å². The van der Waals surface area contributed by atoms with Crippen molar-refractivity contribution >= 4 is 27.7 Å². The Balaban J connectivity index is 2.57. The predicted octanol–water partition coefficient (Wildman–Crippen LogP) is 1.62. The largest absolute Gasteiger partial charge is 0.383 e. The van der Waals surface area contributed by atoms with Crippen molar-refractivity contribution in [3.05, 3.63) is 40.0 Å². The molecule has 4 N–H and O–H groups in total. The van der Waals surface area contributed by atoms with Crippen LogP contribution in [0, 0.1) is 6.92 Å². The molecule has 0 spiro atoms. The molecule has 17 heavy (non-hydrogen) atoms. The summed E-state index contributed by atoms with van der Waals surface area (Å²) in [5, 5.41) is 4.07. The first-order valence-electron chi connectivity index (χ1n) is 4.90. The molecule has 0 aliphatic rings. The number of aromatic nitrogens is 2. The van der Waals surface area contributed by atoms with Gasteiger partial charge in [0.15, 0.2) is 0 Å². The molecule has 1 aromatic carbocycles. The molecule has 0 aliphatic heterocycles. The number of nitrogens with two attached hydrogens (primary N) is 2. The summed E-state index contributed by atoms with van der Waals surface area (Å²) < 4.78 is 2.47. The summed E-state index contributed by atoms with van der Waals surface area (Å²) in [7, 11) is 0. The third-order valence-corrected chi connectivity index (χ3v) is 2.95. The molecule has 0 bridgehead atoms. The number of halogens is 1. The van der Waals surface area contributed by atoms with Crippen molar-refractivity contribution in [1.82, 2.24) is 9.78 Å². The number of carbonyl (C=O) groups excluding carboxylic acids is 1. The third kappa shape index (κ3) is 2.03. The van der Waals surface area contributed by atoms with E-state index >= 15 is 0 Å². The number of amides is 1. The third-order valence-electron chi connectivity index (χ3n) is 2.46. The van der Waals surface area contributed by atoms with Gasteiger partial charge in [0.25, 0.3) is 5.91 Å². The number of nitrogens with zero attached hydrogens (tertiary/aromatic N) is 2. The molecule has 0 radical (unpaired) electrons. The second-order valence-electron chi connectivity index (χ2n) is 3.65. The second-order valence-corrected chi connectivity index (χ2v) is 4.57. The number of hydrogen-bond donors (Lipinski definition) is 2. The van der Waals surface area contributed by atoms with E-state index in [0.29, 0.717) is 0 Å². The van der Waals surface area contributed by atoms with Crippen molar-refractivity contribution in [2.45, 2.75) is 6.92 Å². The van der Waals surface area contributed by atoms with Crippen molar-refractivity contribution in [3.63, 3.8) is 0 Å². The fraction of sp³-hybridized carbons (Fsp3) is 0.0909. The Morgan fingerprint density at radius 3 is 2.71 bits per heavy atom.